The molecule has 0 aliphatic heterocycles. The van der Waals surface area contributed by atoms with Gasteiger partial charge in [0.05, 0.1) is 16.3 Å². The van der Waals surface area contributed by atoms with Crippen molar-refractivity contribution in [2.75, 3.05) is 21.1 Å². The summed E-state index contributed by atoms with van der Waals surface area (Å²) in [5, 5.41) is 19.4. The van der Waals surface area contributed by atoms with Crippen molar-refractivity contribution >= 4 is 46.0 Å². The predicted molar refractivity (Wildman–Crippen MR) is 131 cm³/mol. The Bertz CT molecular complexity index is 1240. The van der Waals surface area contributed by atoms with Crippen molar-refractivity contribution < 1.29 is 9.72 Å². The SMILES string of the molecule is CC(=O)Nc1ccc(Nc2ncnc(NN(c3ccccc3)c3ccccc3)c2[N+](=O)[O-])cc1. The van der Waals surface area contributed by atoms with E-state index in [9.17, 15) is 14.9 Å². The second-order valence-electron chi connectivity index (χ2n) is 7.18. The summed E-state index contributed by atoms with van der Waals surface area (Å²) in [6, 6.07) is 25.5. The van der Waals surface area contributed by atoms with E-state index >= 15 is 0 Å². The first-order valence-electron chi connectivity index (χ1n) is 10.3. The molecule has 0 unspecified atom stereocenters. The van der Waals surface area contributed by atoms with E-state index in [1.54, 1.807) is 29.3 Å². The number of anilines is 6. The van der Waals surface area contributed by atoms with Crippen molar-refractivity contribution in [1.82, 2.24) is 9.97 Å². The Morgan fingerprint density at radius 3 is 1.88 bits per heavy atom. The molecule has 0 bridgehead atoms. The quantitative estimate of drug-likeness (QED) is 0.243. The van der Waals surface area contributed by atoms with Crippen molar-refractivity contribution in [2.24, 2.45) is 0 Å². The van der Waals surface area contributed by atoms with Crippen LogP contribution < -0.4 is 21.1 Å². The number of rotatable bonds is 8. The zero-order valence-electron chi connectivity index (χ0n) is 18.2. The average molecular weight is 455 g/mol. The number of hydrazine groups is 1. The lowest BCUT2D eigenvalue weighted by atomic mass is 10.2. The molecule has 0 saturated heterocycles. The van der Waals surface area contributed by atoms with Gasteiger partial charge in [-0.1, -0.05) is 36.4 Å². The largest absolute Gasteiger partial charge is 0.355 e. The fourth-order valence-corrected chi connectivity index (χ4v) is 3.24. The molecule has 10 heteroatoms. The first-order valence-corrected chi connectivity index (χ1v) is 10.3. The van der Waals surface area contributed by atoms with Crippen molar-refractivity contribution in [3.8, 4) is 0 Å². The summed E-state index contributed by atoms with van der Waals surface area (Å²) >= 11 is 0. The van der Waals surface area contributed by atoms with E-state index < -0.39 is 4.92 Å². The highest BCUT2D eigenvalue weighted by molar-refractivity contribution is 5.89. The maximum absolute atomic E-state index is 12.0. The molecule has 3 N–H and O–H groups in total. The monoisotopic (exact) mass is 455 g/mol. The average Bonchev–Trinajstić information content (AvgIpc) is 2.84. The van der Waals surface area contributed by atoms with Crippen LogP contribution in [0.1, 0.15) is 6.92 Å². The molecule has 0 saturated carbocycles. The van der Waals surface area contributed by atoms with E-state index in [2.05, 4.69) is 26.0 Å². The second-order valence-corrected chi connectivity index (χ2v) is 7.18. The van der Waals surface area contributed by atoms with Crippen molar-refractivity contribution in [3.63, 3.8) is 0 Å². The highest BCUT2D eigenvalue weighted by Crippen LogP contribution is 2.34. The maximum atomic E-state index is 12.0. The number of nitrogens with one attached hydrogen (secondary N) is 3. The number of carbonyl (C=O) groups excluding carboxylic acids is 1. The molecular weight excluding hydrogens is 434 g/mol. The number of aromatic nitrogens is 2. The Morgan fingerprint density at radius 2 is 1.35 bits per heavy atom. The van der Waals surface area contributed by atoms with Crippen LogP contribution in [0.3, 0.4) is 0 Å². The van der Waals surface area contributed by atoms with Gasteiger partial charge in [0.2, 0.25) is 17.5 Å². The minimum absolute atomic E-state index is 0.0186. The molecule has 170 valence electrons. The predicted octanol–water partition coefficient (Wildman–Crippen LogP) is 5.25. The summed E-state index contributed by atoms with van der Waals surface area (Å²) in [5.74, 6) is -0.148. The number of para-hydroxylation sites is 2. The van der Waals surface area contributed by atoms with Crippen LogP contribution in [0.25, 0.3) is 0 Å². The highest BCUT2D eigenvalue weighted by atomic mass is 16.6. The van der Waals surface area contributed by atoms with Gasteiger partial charge >= 0.3 is 5.69 Å². The first-order chi connectivity index (χ1) is 16.5. The molecule has 0 spiro atoms. The third-order valence-corrected chi connectivity index (χ3v) is 4.72. The maximum Gasteiger partial charge on any atom is 0.355 e. The molecule has 0 radical (unpaired) electrons. The van der Waals surface area contributed by atoms with Gasteiger partial charge in [0.1, 0.15) is 6.33 Å². The smallest absolute Gasteiger partial charge is 0.334 e. The normalized spacial score (nSPS) is 10.3. The highest BCUT2D eigenvalue weighted by Gasteiger charge is 2.25. The van der Waals surface area contributed by atoms with Gasteiger partial charge in [0, 0.05) is 18.3 Å². The molecule has 4 rings (SSSR count). The van der Waals surface area contributed by atoms with E-state index in [0.717, 1.165) is 11.4 Å². The fourth-order valence-electron chi connectivity index (χ4n) is 3.24. The van der Waals surface area contributed by atoms with Crippen LogP contribution in [-0.4, -0.2) is 20.8 Å². The Labute approximate surface area is 195 Å². The topological polar surface area (TPSA) is 125 Å². The van der Waals surface area contributed by atoms with E-state index in [-0.39, 0.29) is 23.2 Å². The van der Waals surface area contributed by atoms with Crippen molar-refractivity contribution in [3.05, 3.63) is 101 Å². The van der Waals surface area contributed by atoms with Gasteiger partial charge in [0.15, 0.2) is 0 Å². The van der Waals surface area contributed by atoms with Gasteiger partial charge in [-0.2, -0.15) is 0 Å². The molecule has 3 aromatic carbocycles. The zero-order valence-corrected chi connectivity index (χ0v) is 18.2. The summed E-state index contributed by atoms with van der Waals surface area (Å²) in [5.41, 5.74) is 5.46. The lowest BCUT2D eigenvalue weighted by Crippen LogP contribution is -2.26. The molecular formula is C24H21N7O3. The Kier molecular flexibility index (Phi) is 6.59. The van der Waals surface area contributed by atoms with Crippen LogP contribution in [0.4, 0.5) is 40.1 Å². The van der Waals surface area contributed by atoms with Crippen LogP contribution >= 0.6 is 0 Å². The lowest BCUT2D eigenvalue weighted by molar-refractivity contribution is -0.383. The van der Waals surface area contributed by atoms with E-state index in [4.69, 9.17) is 0 Å². The summed E-state index contributed by atoms with van der Waals surface area (Å²) in [7, 11) is 0. The van der Waals surface area contributed by atoms with E-state index in [0.29, 0.717) is 11.4 Å². The lowest BCUT2D eigenvalue weighted by Gasteiger charge is -2.26. The summed E-state index contributed by atoms with van der Waals surface area (Å²) in [6.07, 6.45) is 1.25. The molecule has 0 fully saturated rings. The van der Waals surface area contributed by atoms with Gasteiger partial charge in [-0.15, -0.1) is 0 Å². The number of carbonyl (C=O) groups is 1. The molecule has 0 aliphatic rings. The number of nitro groups is 1. The minimum atomic E-state index is -0.537. The molecule has 1 heterocycles. The molecule has 34 heavy (non-hydrogen) atoms. The molecule has 0 aliphatic carbocycles. The molecule has 1 aromatic heterocycles. The Morgan fingerprint density at radius 1 is 0.824 bits per heavy atom. The summed E-state index contributed by atoms with van der Waals surface area (Å²) in [6.45, 7) is 1.42. The standard InChI is InChI=1S/C24H21N7O3/c1-17(32)27-18-12-14-19(15-13-18)28-23-22(31(33)34)24(26-16-25-23)29-30(20-8-4-2-5-9-20)21-10-6-3-7-11-21/h2-16H,1H3,(H,27,32)(H2,25,26,28,29). The van der Waals surface area contributed by atoms with Gasteiger partial charge in [-0.05, 0) is 48.5 Å². The molecule has 0 atom stereocenters. The zero-order chi connectivity index (χ0) is 23.9. The van der Waals surface area contributed by atoms with Crippen LogP contribution in [-0.2, 0) is 4.79 Å². The number of amides is 1. The van der Waals surface area contributed by atoms with Crippen molar-refractivity contribution in [2.45, 2.75) is 6.92 Å². The van der Waals surface area contributed by atoms with Gasteiger partial charge in [0.25, 0.3) is 0 Å². The van der Waals surface area contributed by atoms with Gasteiger partial charge in [-0.25, -0.2) is 9.97 Å². The Balaban J connectivity index is 1.67. The van der Waals surface area contributed by atoms with Crippen LogP contribution in [0.2, 0.25) is 0 Å². The number of hydrogen-bond acceptors (Lipinski definition) is 8. The van der Waals surface area contributed by atoms with E-state index in [1.807, 2.05) is 60.7 Å². The number of nitrogens with zero attached hydrogens (tertiary/aromatic N) is 4. The molecule has 4 aromatic rings. The second kappa shape index (κ2) is 10.1. The summed E-state index contributed by atoms with van der Waals surface area (Å²) in [4.78, 5) is 30.9. The fraction of sp³-hybridized carbons (Fsp3) is 0.0417. The van der Waals surface area contributed by atoms with Gasteiger partial charge < -0.3 is 10.6 Å². The van der Waals surface area contributed by atoms with Gasteiger partial charge in [-0.3, -0.25) is 25.3 Å². The molecule has 10 nitrogen and oxygen atoms in total. The van der Waals surface area contributed by atoms with Crippen LogP contribution in [0.5, 0.6) is 0 Å². The molecule has 1 amide bonds. The third-order valence-electron chi connectivity index (χ3n) is 4.72. The third kappa shape index (κ3) is 5.25. The Hall–Kier alpha value is -4.99. The first kappa shape index (κ1) is 22.2. The van der Waals surface area contributed by atoms with Crippen molar-refractivity contribution in [1.29, 1.82) is 0 Å². The van der Waals surface area contributed by atoms with E-state index in [1.165, 1.54) is 13.3 Å². The minimum Gasteiger partial charge on any atom is -0.334 e. The van der Waals surface area contributed by atoms with Crippen LogP contribution in [0, 0.1) is 10.1 Å². The number of benzene rings is 3. The number of hydrogen-bond donors (Lipinski definition) is 3. The summed E-state index contributed by atoms with van der Waals surface area (Å²) < 4.78 is 0. The van der Waals surface area contributed by atoms with Crippen LogP contribution in [0.15, 0.2) is 91.3 Å².